The largest absolute Gasteiger partial charge is 0.497 e. The van der Waals surface area contributed by atoms with E-state index in [-0.39, 0.29) is 5.91 Å². The quantitative estimate of drug-likeness (QED) is 0.871. The van der Waals surface area contributed by atoms with Crippen molar-refractivity contribution in [2.24, 2.45) is 0 Å². The van der Waals surface area contributed by atoms with E-state index in [0.717, 1.165) is 16.3 Å². The maximum absolute atomic E-state index is 11.7. The number of ether oxygens (including phenoxy) is 1. The number of nitrogens with one attached hydrogen (secondary N) is 1. The Morgan fingerprint density at radius 1 is 1.42 bits per heavy atom. The van der Waals surface area contributed by atoms with Gasteiger partial charge in [0, 0.05) is 6.08 Å². The van der Waals surface area contributed by atoms with Crippen LogP contribution in [0.5, 0.6) is 5.75 Å². The Morgan fingerprint density at radius 2 is 2.26 bits per heavy atom. The van der Waals surface area contributed by atoms with E-state index in [1.807, 2.05) is 31.2 Å². The average Bonchev–Trinajstić information content (AvgIpc) is 2.82. The fourth-order valence-electron chi connectivity index (χ4n) is 1.41. The molecule has 2 aromatic rings. The van der Waals surface area contributed by atoms with Gasteiger partial charge in [-0.3, -0.25) is 10.1 Å². The van der Waals surface area contributed by atoms with E-state index in [2.05, 4.69) is 15.5 Å². The van der Waals surface area contributed by atoms with Gasteiger partial charge in [0.2, 0.25) is 11.0 Å². The van der Waals surface area contributed by atoms with Crippen molar-refractivity contribution in [1.29, 1.82) is 0 Å². The van der Waals surface area contributed by atoms with Gasteiger partial charge in [-0.05, 0) is 30.7 Å². The number of benzene rings is 1. The molecule has 1 aromatic heterocycles. The molecule has 0 atom stereocenters. The van der Waals surface area contributed by atoms with Gasteiger partial charge in [-0.2, -0.15) is 0 Å². The molecule has 2 rings (SSSR count). The maximum atomic E-state index is 11.7. The summed E-state index contributed by atoms with van der Waals surface area (Å²) in [6.45, 7) is 1.83. The van der Waals surface area contributed by atoms with Gasteiger partial charge < -0.3 is 4.74 Å². The zero-order valence-corrected chi connectivity index (χ0v) is 11.4. The van der Waals surface area contributed by atoms with Crippen molar-refractivity contribution in [1.82, 2.24) is 10.2 Å². The van der Waals surface area contributed by atoms with Crippen molar-refractivity contribution in [2.75, 3.05) is 12.4 Å². The lowest BCUT2D eigenvalue weighted by Crippen LogP contribution is -2.07. The van der Waals surface area contributed by atoms with Gasteiger partial charge in [0.05, 0.1) is 7.11 Å². The number of amides is 1. The first-order valence-corrected chi connectivity index (χ1v) is 6.42. The van der Waals surface area contributed by atoms with Crippen LogP contribution in [0.2, 0.25) is 0 Å². The van der Waals surface area contributed by atoms with Crippen LogP contribution >= 0.6 is 11.3 Å². The van der Waals surface area contributed by atoms with Gasteiger partial charge in [0.1, 0.15) is 10.8 Å². The fraction of sp³-hybridized carbons (Fsp3) is 0.154. The second-order valence-electron chi connectivity index (χ2n) is 3.73. The summed E-state index contributed by atoms with van der Waals surface area (Å²) in [6, 6.07) is 7.45. The second kappa shape index (κ2) is 6.10. The second-order valence-corrected chi connectivity index (χ2v) is 4.91. The van der Waals surface area contributed by atoms with Crippen LogP contribution in [0.15, 0.2) is 30.3 Å². The van der Waals surface area contributed by atoms with Crippen molar-refractivity contribution < 1.29 is 9.53 Å². The first-order valence-electron chi connectivity index (χ1n) is 5.60. The molecule has 19 heavy (non-hydrogen) atoms. The zero-order chi connectivity index (χ0) is 13.7. The topological polar surface area (TPSA) is 64.1 Å². The molecule has 0 aliphatic carbocycles. The normalized spacial score (nSPS) is 10.6. The predicted octanol–water partition coefficient (Wildman–Crippen LogP) is 2.51. The van der Waals surface area contributed by atoms with Crippen LogP contribution < -0.4 is 10.1 Å². The summed E-state index contributed by atoms with van der Waals surface area (Å²) in [6.07, 6.45) is 3.16. The molecule has 0 radical (unpaired) electrons. The number of nitrogens with zero attached hydrogens (tertiary/aromatic N) is 2. The van der Waals surface area contributed by atoms with Gasteiger partial charge in [0.25, 0.3) is 0 Å². The Labute approximate surface area is 114 Å². The summed E-state index contributed by atoms with van der Waals surface area (Å²) in [5.41, 5.74) is 0.892. The molecule has 0 saturated heterocycles. The van der Waals surface area contributed by atoms with E-state index in [1.54, 1.807) is 13.2 Å². The summed E-state index contributed by atoms with van der Waals surface area (Å²) < 4.78 is 5.11. The molecule has 0 bridgehead atoms. The van der Waals surface area contributed by atoms with E-state index < -0.39 is 0 Å². The molecule has 1 aromatic carbocycles. The van der Waals surface area contributed by atoms with Gasteiger partial charge in [-0.15, -0.1) is 10.2 Å². The van der Waals surface area contributed by atoms with Gasteiger partial charge in [-0.1, -0.05) is 23.5 Å². The third-order valence-electron chi connectivity index (χ3n) is 2.28. The number of carbonyl (C=O) groups excluding carboxylic acids is 1. The van der Waals surface area contributed by atoms with Crippen molar-refractivity contribution in [3.05, 3.63) is 40.9 Å². The van der Waals surface area contributed by atoms with Crippen LogP contribution in [0.3, 0.4) is 0 Å². The molecular weight excluding hydrogens is 262 g/mol. The van der Waals surface area contributed by atoms with E-state index in [0.29, 0.717) is 5.13 Å². The number of carbonyl (C=O) groups is 1. The molecule has 1 N–H and O–H groups in total. The monoisotopic (exact) mass is 275 g/mol. The molecule has 98 valence electrons. The van der Waals surface area contributed by atoms with Crippen molar-refractivity contribution in [3.8, 4) is 5.75 Å². The van der Waals surface area contributed by atoms with E-state index in [4.69, 9.17) is 4.74 Å². The summed E-state index contributed by atoms with van der Waals surface area (Å²) >= 11 is 1.34. The lowest BCUT2D eigenvalue weighted by molar-refractivity contribution is -0.111. The maximum Gasteiger partial charge on any atom is 0.250 e. The number of anilines is 1. The van der Waals surface area contributed by atoms with E-state index in [9.17, 15) is 4.79 Å². The van der Waals surface area contributed by atoms with Gasteiger partial charge >= 0.3 is 0 Å². The highest BCUT2D eigenvalue weighted by molar-refractivity contribution is 7.15. The Balaban J connectivity index is 1.99. The highest BCUT2D eigenvalue weighted by Gasteiger charge is 2.02. The number of methoxy groups -OCH3 is 1. The molecule has 0 saturated carbocycles. The molecule has 0 unspecified atom stereocenters. The third-order valence-corrected chi connectivity index (χ3v) is 3.03. The Kier molecular flexibility index (Phi) is 4.25. The highest BCUT2D eigenvalue weighted by Crippen LogP contribution is 2.15. The van der Waals surface area contributed by atoms with Crippen LogP contribution in [0.25, 0.3) is 6.08 Å². The molecule has 0 aliphatic heterocycles. The van der Waals surface area contributed by atoms with E-state index >= 15 is 0 Å². The Morgan fingerprint density at radius 3 is 2.95 bits per heavy atom. The molecule has 0 fully saturated rings. The van der Waals surface area contributed by atoms with Crippen LogP contribution in [-0.2, 0) is 4.79 Å². The molecular formula is C13H13N3O2S. The molecule has 1 amide bonds. The molecule has 0 aliphatic rings. The van der Waals surface area contributed by atoms with Crippen LogP contribution in [-0.4, -0.2) is 23.2 Å². The number of rotatable bonds is 4. The molecule has 0 spiro atoms. The minimum atomic E-state index is -0.237. The minimum Gasteiger partial charge on any atom is -0.497 e. The first kappa shape index (κ1) is 13.2. The number of aryl methyl sites for hydroxylation is 1. The van der Waals surface area contributed by atoms with Crippen LogP contribution in [0, 0.1) is 6.92 Å². The lowest BCUT2D eigenvalue weighted by Gasteiger charge is -2.00. The highest BCUT2D eigenvalue weighted by atomic mass is 32.1. The first-order chi connectivity index (χ1) is 9.17. The number of aromatic nitrogens is 2. The lowest BCUT2D eigenvalue weighted by atomic mass is 10.2. The van der Waals surface area contributed by atoms with Gasteiger partial charge in [0.15, 0.2) is 0 Å². The fourth-order valence-corrected chi connectivity index (χ4v) is 2.01. The zero-order valence-electron chi connectivity index (χ0n) is 10.6. The standard InChI is InChI=1S/C13H13N3O2S/c1-9-15-16-13(19-9)14-12(17)7-6-10-4-3-5-11(8-10)18-2/h3-8H,1-2H3,(H,14,16,17). The summed E-state index contributed by atoms with van der Waals surface area (Å²) in [4.78, 5) is 11.7. The predicted molar refractivity (Wildman–Crippen MR) is 75.3 cm³/mol. The summed E-state index contributed by atoms with van der Waals surface area (Å²) in [5, 5.41) is 11.6. The Hall–Kier alpha value is -2.21. The molecule has 1 heterocycles. The summed E-state index contributed by atoms with van der Waals surface area (Å²) in [5.74, 6) is 0.515. The van der Waals surface area contributed by atoms with Gasteiger partial charge in [-0.25, -0.2) is 0 Å². The molecule has 6 heteroatoms. The third kappa shape index (κ3) is 3.89. The van der Waals surface area contributed by atoms with Crippen LogP contribution in [0.1, 0.15) is 10.6 Å². The smallest absolute Gasteiger partial charge is 0.250 e. The van der Waals surface area contributed by atoms with Crippen LogP contribution in [0.4, 0.5) is 5.13 Å². The average molecular weight is 275 g/mol. The minimum absolute atomic E-state index is 0.237. The van der Waals surface area contributed by atoms with Crippen molar-refractivity contribution in [3.63, 3.8) is 0 Å². The van der Waals surface area contributed by atoms with E-state index in [1.165, 1.54) is 17.4 Å². The Bertz CT molecular complexity index is 607. The molecule has 5 nitrogen and oxygen atoms in total. The van der Waals surface area contributed by atoms with Crippen molar-refractivity contribution in [2.45, 2.75) is 6.92 Å². The SMILES string of the molecule is COc1cccc(C=CC(=O)Nc2nnc(C)s2)c1. The number of hydrogen-bond donors (Lipinski definition) is 1. The number of hydrogen-bond acceptors (Lipinski definition) is 5. The summed E-state index contributed by atoms with van der Waals surface area (Å²) in [7, 11) is 1.60. The van der Waals surface area contributed by atoms with Crippen molar-refractivity contribution >= 4 is 28.5 Å².